The molecule has 2 rings (SSSR count). The third-order valence-corrected chi connectivity index (χ3v) is 2.90. The van der Waals surface area contributed by atoms with Crippen LogP contribution >= 0.6 is 0 Å². The lowest BCUT2D eigenvalue weighted by Crippen LogP contribution is -2.15. The van der Waals surface area contributed by atoms with Crippen molar-refractivity contribution in [3.05, 3.63) is 48.3 Å². The highest BCUT2D eigenvalue weighted by Gasteiger charge is 2.08. The first kappa shape index (κ1) is 16.5. The van der Waals surface area contributed by atoms with Gasteiger partial charge >= 0.3 is 0 Å². The quantitative estimate of drug-likeness (QED) is 0.792. The second-order valence-electron chi connectivity index (χ2n) is 5.48. The number of nitrogens with one attached hydrogen (secondary N) is 3. The van der Waals surface area contributed by atoms with Crippen molar-refractivity contribution >= 4 is 28.9 Å². The molecule has 6 nitrogen and oxygen atoms in total. The molecule has 0 aliphatic rings. The third kappa shape index (κ3) is 5.10. The average molecular weight is 312 g/mol. The summed E-state index contributed by atoms with van der Waals surface area (Å²) in [6.07, 6.45) is 3.19. The fourth-order valence-corrected chi connectivity index (χ4v) is 2.06. The summed E-state index contributed by atoms with van der Waals surface area (Å²) in [7, 11) is 0. The molecule has 0 unspecified atom stereocenters. The van der Waals surface area contributed by atoms with Crippen molar-refractivity contribution in [2.24, 2.45) is 0 Å². The fraction of sp³-hybridized carbons (Fsp3) is 0.235. The Morgan fingerprint density at radius 3 is 2.35 bits per heavy atom. The summed E-state index contributed by atoms with van der Waals surface area (Å²) in [4.78, 5) is 27.5. The lowest BCUT2D eigenvalue weighted by molar-refractivity contribution is -0.114. The summed E-state index contributed by atoms with van der Waals surface area (Å²) in [6.45, 7) is 5.46. The van der Waals surface area contributed by atoms with Gasteiger partial charge in [-0.05, 0) is 38.1 Å². The number of benzene rings is 1. The Labute approximate surface area is 135 Å². The van der Waals surface area contributed by atoms with Crippen LogP contribution in [0.1, 0.15) is 31.1 Å². The SMILES string of the molecule is CC(=O)Nc1cccc(NC(=O)c2cncc(NC(C)C)c2)c1. The van der Waals surface area contributed by atoms with Crippen molar-refractivity contribution in [2.45, 2.75) is 26.8 Å². The van der Waals surface area contributed by atoms with Crippen LogP contribution in [0.5, 0.6) is 0 Å². The lowest BCUT2D eigenvalue weighted by Gasteiger charge is -2.11. The molecule has 0 saturated heterocycles. The minimum absolute atomic E-state index is 0.162. The van der Waals surface area contributed by atoms with E-state index in [4.69, 9.17) is 0 Å². The molecule has 0 aliphatic heterocycles. The number of pyridine rings is 1. The molecule has 1 aromatic carbocycles. The smallest absolute Gasteiger partial charge is 0.257 e. The van der Waals surface area contributed by atoms with Crippen LogP contribution < -0.4 is 16.0 Å². The number of carbonyl (C=O) groups excluding carboxylic acids is 2. The zero-order valence-corrected chi connectivity index (χ0v) is 13.4. The molecular weight excluding hydrogens is 292 g/mol. The first-order valence-corrected chi connectivity index (χ1v) is 7.34. The lowest BCUT2D eigenvalue weighted by atomic mass is 10.2. The summed E-state index contributed by atoms with van der Waals surface area (Å²) >= 11 is 0. The molecule has 0 atom stereocenters. The zero-order valence-electron chi connectivity index (χ0n) is 13.4. The van der Waals surface area contributed by atoms with E-state index in [-0.39, 0.29) is 17.9 Å². The highest BCUT2D eigenvalue weighted by molar-refractivity contribution is 6.05. The Bertz CT molecular complexity index is 713. The molecule has 0 spiro atoms. The van der Waals surface area contributed by atoms with Gasteiger partial charge in [0.05, 0.1) is 11.3 Å². The van der Waals surface area contributed by atoms with E-state index >= 15 is 0 Å². The van der Waals surface area contributed by atoms with Gasteiger partial charge in [0.1, 0.15) is 0 Å². The van der Waals surface area contributed by atoms with E-state index in [1.807, 2.05) is 13.8 Å². The van der Waals surface area contributed by atoms with Crippen molar-refractivity contribution in [3.8, 4) is 0 Å². The van der Waals surface area contributed by atoms with Crippen LogP contribution in [0.25, 0.3) is 0 Å². The number of anilines is 3. The number of rotatable bonds is 5. The predicted octanol–water partition coefficient (Wildman–Crippen LogP) is 3.11. The van der Waals surface area contributed by atoms with Crippen LogP contribution in [0, 0.1) is 0 Å². The summed E-state index contributed by atoms with van der Waals surface area (Å²) in [5, 5.41) is 8.68. The molecule has 0 saturated carbocycles. The Morgan fingerprint density at radius 2 is 1.70 bits per heavy atom. The monoisotopic (exact) mass is 312 g/mol. The summed E-state index contributed by atoms with van der Waals surface area (Å²) in [5.41, 5.74) is 2.48. The van der Waals surface area contributed by atoms with Crippen LogP contribution in [0.2, 0.25) is 0 Å². The van der Waals surface area contributed by atoms with E-state index in [1.165, 1.54) is 13.1 Å². The van der Waals surface area contributed by atoms with E-state index in [0.717, 1.165) is 5.69 Å². The van der Waals surface area contributed by atoms with Gasteiger partial charge in [0.15, 0.2) is 0 Å². The molecule has 120 valence electrons. The topological polar surface area (TPSA) is 83.1 Å². The van der Waals surface area contributed by atoms with Gasteiger partial charge in [0.25, 0.3) is 5.91 Å². The second kappa shape index (κ2) is 7.40. The average Bonchev–Trinajstić information content (AvgIpc) is 2.46. The van der Waals surface area contributed by atoms with Crippen molar-refractivity contribution in [1.82, 2.24) is 4.98 Å². The van der Waals surface area contributed by atoms with Crippen LogP contribution in [0.4, 0.5) is 17.1 Å². The zero-order chi connectivity index (χ0) is 16.8. The van der Waals surface area contributed by atoms with Gasteiger partial charge in [-0.3, -0.25) is 14.6 Å². The van der Waals surface area contributed by atoms with E-state index in [0.29, 0.717) is 16.9 Å². The summed E-state index contributed by atoms with van der Waals surface area (Å²) in [5.74, 6) is -0.421. The predicted molar refractivity (Wildman–Crippen MR) is 91.7 cm³/mol. The van der Waals surface area contributed by atoms with Crippen molar-refractivity contribution < 1.29 is 9.59 Å². The van der Waals surface area contributed by atoms with Gasteiger partial charge in [0.2, 0.25) is 5.91 Å². The van der Waals surface area contributed by atoms with E-state index < -0.39 is 0 Å². The molecule has 23 heavy (non-hydrogen) atoms. The molecule has 0 bridgehead atoms. The van der Waals surface area contributed by atoms with Gasteiger partial charge in [-0.15, -0.1) is 0 Å². The largest absolute Gasteiger partial charge is 0.382 e. The third-order valence-electron chi connectivity index (χ3n) is 2.90. The standard InChI is InChI=1S/C17H20N4O2/c1-11(2)19-16-7-13(9-18-10-16)17(23)21-15-6-4-5-14(8-15)20-12(3)22/h4-11,19H,1-3H3,(H,20,22)(H,21,23). The van der Waals surface area contributed by atoms with Crippen LogP contribution in [-0.2, 0) is 4.79 Å². The Morgan fingerprint density at radius 1 is 1.00 bits per heavy atom. The number of nitrogens with zero attached hydrogens (tertiary/aromatic N) is 1. The highest BCUT2D eigenvalue weighted by Crippen LogP contribution is 2.17. The normalized spacial score (nSPS) is 10.3. The van der Waals surface area contributed by atoms with Crippen molar-refractivity contribution in [1.29, 1.82) is 0 Å². The van der Waals surface area contributed by atoms with Crippen LogP contribution in [-0.4, -0.2) is 22.8 Å². The molecule has 6 heteroatoms. The maximum Gasteiger partial charge on any atom is 0.257 e. The molecule has 1 aromatic heterocycles. The van der Waals surface area contributed by atoms with Gasteiger partial charge in [0, 0.05) is 36.7 Å². The number of amides is 2. The summed E-state index contributed by atoms with van der Waals surface area (Å²) < 4.78 is 0. The molecular formula is C17H20N4O2. The fourth-order valence-electron chi connectivity index (χ4n) is 2.06. The second-order valence-corrected chi connectivity index (χ2v) is 5.48. The van der Waals surface area contributed by atoms with Gasteiger partial charge in [-0.25, -0.2) is 0 Å². The molecule has 0 fully saturated rings. The highest BCUT2D eigenvalue weighted by atomic mass is 16.2. The molecule has 3 N–H and O–H groups in total. The van der Waals surface area contributed by atoms with Gasteiger partial charge < -0.3 is 16.0 Å². The molecule has 0 aliphatic carbocycles. The van der Waals surface area contributed by atoms with Crippen molar-refractivity contribution in [2.75, 3.05) is 16.0 Å². The first-order valence-electron chi connectivity index (χ1n) is 7.34. The maximum absolute atomic E-state index is 12.3. The Hall–Kier alpha value is -2.89. The number of aromatic nitrogens is 1. The van der Waals surface area contributed by atoms with Crippen LogP contribution in [0.15, 0.2) is 42.7 Å². The first-order chi connectivity index (χ1) is 10.9. The van der Waals surface area contributed by atoms with E-state index in [9.17, 15) is 9.59 Å². The van der Waals surface area contributed by atoms with Crippen molar-refractivity contribution in [3.63, 3.8) is 0 Å². The molecule has 1 heterocycles. The van der Waals surface area contributed by atoms with Gasteiger partial charge in [-0.2, -0.15) is 0 Å². The van der Waals surface area contributed by atoms with E-state index in [2.05, 4.69) is 20.9 Å². The van der Waals surface area contributed by atoms with Crippen LogP contribution in [0.3, 0.4) is 0 Å². The minimum Gasteiger partial charge on any atom is -0.382 e. The molecule has 0 radical (unpaired) electrons. The maximum atomic E-state index is 12.3. The summed E-state index contributed by atoms with van der Waals surface area (Å²) in [6, 6.07) is 8.97. The Balaban J connectivity index is 2.11. The molecule has 2 aromatic rings. The number of hydrogen-bond acceptors (Lipinski definition) is 4. The Kier molecular flexibility index (Phi) is 5.30. The molecule has 2 amide bonds. The van der Waals surface area contributed by atoms with E-state index in [1.54, 1.807) is 36.5 Å². The number of carbonyl (C=O) groups is 2. The van der Waals surface area contributed by atoms with Gasteiger partial charge in [-0.1, -0.05) is 6.07 Å². The number of hydrogen-bond donors (Lipinski definition) is 3. The minimum atomic E-state index is -0.259.